The van der Waals surface area contributed by atoms with Gasteiger partial charge in [-0.15, -0.1) is 0 Å². The fourth-order valence-electron chi connectivity index (χ4n) is 1.54. The van der Waals surface area contributed by atoms with Crippen LogP contribution in [0.2, 0.25) is 0 Å². The lowest BCUT2D eigenvalue weighted by atomic mass is 10.0. The summed E-state index contributed by atoms with van der Waals surface area (Å²) in [4.78, 5) is 0. The normalized spacial score (nSPS) is 11.8. The molecule has 1 rings (SSSR count). The van der Waals surface area contributed by atoms with Crippen LogP contribution in [0, 0.1) is 0 Å². The summed E-state index contributed by atoms with van der Waals surface area (Å²) in [6.45, 7) is 5.18. The molecule has 0 amide bonds. The van der Waals surface area contributed by atoms with Crippen molar-refractivity contribution in [2.45, 2.75) is 32.6 Å². The second kappa shape index (κ2) is 6.78. The third-order valence-corrected chi connectivity index (χ3v) is 2.64. The number of hydrogen-bond acceptors (Lipinski definition) is 3. The first-order valence-electron chi connectivity index (χ1n) is 5.93. The van der Waals surface area contributed by atoms with Gasteiger partial charge in [-0.3, -0.25) is 0 Å². The predicted octanol–water partition coefficient (Wildman–Crippen LogP) is 2.75. The molecular formula is C13H21N3O. The largest absolute Gasteiger partial charge is 0.409 e. The van der Waals surface area contributed by atoms with Gasteiger partial charge in [-0.2, -0.15) is 0 Å². The Bertz CT molecular complexity index is 357. The first kappa shape index (κ1) is 13.4. The lowest BCUT2D eigenvalue weighted by Gasteiger charge is -2.09. The number of amidine groups is 1. The fraction of sp³-hybridized carbons (Fsp3) is 0.462. The molecule has 0 aliphatic rings. The van der Waals surface area contributed by atoms with E-state index in [0.717, 1.165) is 18.7 Å². The first-order valence-corrected chi connectivity index (χ1v) is 5.93. The van der Waals surface area contributed by atoms with Crippen molar-refractivity contribution in [1.29, 1.82) is 0 Å². The highest BCUT2D eigenvalue weighted by Gasteiger charge is 1.98. The van der Waals surface area contributed by atoms with Gasteiger partial charge >= 0.3 is 0 Å². The fourth-order valence-corrected chi connectivity index (χ4v) is 1.54. The van der Waals surface area contributed by atoms with Crippen LogP contribution in [0.5, 0.6) is 0 Å². The number of nitrogens with one attached hydrogen (secondary N) is 1. The average Bonchev–Trinajstić information content (AvgIpc) is 2.34. The molecule has 1 aromatic carbocycles. The van der Waals surface area contributed by atoms with Crippen LogP contribution in [0.15, 0.2) is 29.4 Å². The number of anilines is 1. The minimum absolute atomic E-state index is 0.280. The molecule has 1 aromatic rings. The third kappa shape index (κ3) is 4.76. The average molecular weight is 235 g/mol. The zero-order valence-corrected chi connectivity index (χ0v) is 10.5. The Morgan fingerprint density at radius 3 is 2.53 bits per heavy atom. The van der Waals surface area contributed by atoms with Gasteiger partial charge in [-0.25, -0.2) is 0 Å². The zero-order chi connectivity index (χ0) is 12.7. The Balaban J connectivity index is 2.32. The van der Waals surface area contributed by atoms with Crippen LogP contribution in [-0.4, -0.2) is 17.6 Å². The smallest absolute Gasteiger partial charge is 0.139 e. The highest BCUT2D eigenvalue weighted by Crippen LogP contribution is 2.16. The number of nitrogens with two attached hydrogens (primary N) is 1. The standard InChI is InChI=1S/C13H21N3O/c1-10(2)11-5-7-12(8-6-11)15-9-3-4-13(14)16-17/h5-8,10,15,17H,3-4,9H2,1-2H3,(H2,14,16). The molecule has 4 heteroatoms. The quantitative estimate of drug-likeness (QED) is 0.233. The van der Waals surface area contributed by atoms with Crippen molar-refractivity contribution in [3.8, 4) is 0 Å². The van der Waals surface area contributed by atoms with Crippen LogP contribution in [-0.2, 0) is 0 Å². The van der Waals surface area contributed by atoms with Gasteiger partial charge in [0, 0.05) is 18.7 Å². The lowest BCUT2D eigenvalue weighted by Crippen LogP contribution is -2.13. The number of benzene rings is 1. The Hall–Kier alpha value is -1.71. The Morgan fingerprint density at radius 2 is 2.00 bits per heavy atom. The molecule has 0 aliphatic carbocycles. The van der Waals surface area contributed by atoms with Gasteiger partial charge in [0.05, 0.1) is 0 Å². The number of rotatable bonds is 6. The maximum Gasteiger partial charge on any atom is 0.139 e. The molecule has 0 fully saturated rings. The van der Waals surface area contributed by atoms with Gasteiger partial charge < -0.3 is 16.3 Å². The van der Waals surface area contributed by atoms with Crippen molar-refractivity contribution in [1.82, 2.24) is 0 Å². The second-order valence-electron chi connectivity index (χ2n) is 4.40. The van der Waals surface area contributed by atoms with Crippen molar-refractivity contribution in [3.05, 3.63) is 29.8 Å². The van der Waals surface area contributed by atoms with E-state index in [4.69, 9.17) is 10.9 Å². The van der Waals surface area contributed by atoms with Crippen LogP contribution in [0.3, 0.4) is 0 Å². The first-order chi connectivity index (χ1) is 8.13. The summed E-state index contributed by atoms with van der Waals surface area (Å²) in [5.74, 6) is 0.839. The van der Waals surface area contributed by atoms with Crippen LogP contribution < -0.4 is 11.1 Å². The van der Waals surface area contributed by atoms with Gasteiger partial charge in [0.25, 0.3) is 0 Å². The monoisotopic (exact) mass is 235 g/mol. The topological polar surface area (TPSA) is 70.6 Å². The predicted molar refractivity (Wildman–Crippen MR) is 71.7 cm³/mol. The van der Waals surface area contributed by atoms with Gasteiger partial charge in [-0.1, -0.05) is 31.1 Å². The van der Waals surface area contributed by atoms with E-state index in [1.54, 1.807) is 0 Å². The summed E-state index contributed by atoms with van der Waals surface area (Å²) in [6, 6.07) is 8.44. The maximum absolute atomic E-state index is 8.38. The Morgan fingerprint density at radius 1 is 1.35 bits per heavy atom. The van der Waals surface area contributed by atoms with E-state index >= 15 is 0 Å². The molecule has 0 saturated heterocycles. The zero-order valence-electron chi connectivity index (χ0n) is 10.5. The molecule has 0 aromatic heterocycles. The second-order valence-corrected chi connectivity index (χ2v) is 4.40. The van der Waals surface area contributed by atoms with Crippen molar-refractivity contribution in [3.63, 3.8) is 0 Å². The molecule has 4 N–H and O–H groups in total. The summed E-state index contributed by atoms with van der Waals surface area (Å²) in [5, 5.41) is 14.6. The molecule has 4 nitrogen and oxygen atoms in total. The molecular weight excluding hydrogens is 214 g/mol. The Kier molecular flexibility index (Phi) is 5.33. The van der Waals surface area contributed by atoms with Crippen LogP contribution >= 0.6 is 0 Å². The third-order valence-electron chi connectivity index (χ3n) is 2.64. The van der Waals surface area contributed by atoms with Crippen LogP contribution in [0.25, 0.3) is 0 Å². The van der Waals surface area contributed by atoms with E-state index in [9.17, 15) is 0 Å². The van der Waals surface area contributed by atoms with Crippen LogP contribution in [0.1, 0.15) is 38.2 Å². The molecule has 0 unspecified atom stereocenters. The summed E-state index contributed by atoms with van der Waals surface area (Å²) < 4.78 is 0. The molecule has 0 saturated carbocycles. The molecule has 0 aliphatic heterocycles. The van der Waals surface area contributed by atoms with E-state index in [1.807, 2.05) is 0 Å². The van der Waals surface area contributed by atoms with E-state index in [1.165, 1.54) is 5.56 Å². The highest BCUT2D eigenvalue weighted by molar-refractivity contribution is 5.79. The van der Waals surface area contributed by atoms with E-state index < -0.39 is 0 Å². The minimum atomic E-state index is 0.280. The summed E-state index contributed by atoms with van der Waals surface area (Å²) >= 11 is 0. The van der Waals surface area contributed by atoms with Crippen molar-refractivity contribution in [2.75, 3.05) is 11.9 Å². The molecule has 17 heavy (non-hydrogen) atoms. The lowest BCUT2D eigenvalue weighted by molar-refractivity contribution is 0.316. The maximum atomic E-state index is 8.38. The van der Waals surface area contributed by atoms with Gasteiger partial charge in [-0.05, 0) is 30.0 Å². The van der Waals surface area contributed by atoms with E-state index in [2.05, 4.69) is 48.6 Å². The minimum Gasteiger partial charge on any atom is -0.409 e. The molecule has 0 heterocycles. The van der Waals surface area contributed by atoms with Gasteiger partial charge in [0.1, 0.15) is 5.84 Å². The molecule has 0 atom stereocenters. The summed E-state index contributed by atoms with van der Waals surface area (Å²) in [7, 11) is 0. The Labute approximate surface area is 103 Å². The number of nitrogens with zero attached hydrogens (tertiary/aromatic N) is 1. The van der Waals surface area contributed by atoms with E-state index in [-0.39, 0.29) is 5.84 Å². The molecule has 0 spiro atoms. The number of hydrogen-bond donors (Lipinski definition) is 3. The SMILES string of the molecule is CC(C)c1ccc(NCCCC(N)=NO)cc1. The molecule has 0 bridgehead atoms. The summed E-state index contributed by atoms with van der Waals surface area (Å²) in [5.41, 5.74) is 7.82. The highest BCUT2D eigenvalue weighted by atomic mass is 16.4. The van der Waals surface area contributed by atoms with Crippen LogP contribution in [0.4, 0.5) is 5.69 Å². The van der Waals surface area contributed by atoms with Crippen molar-refractivity contribution >= 4 is 11.5 Å². The molecule has 94 valence electrons. The van der Waals surface area contributed by atoms with Crippen molar-refractivity contribution < 1.29 is 5.21 Å². The van der Waals surface area contributed by atoms with Gasteiger partial charge in [0.15, 0.2) is 0 Å². The number of oxime groups is 1. The molecule has 0 radical (unpaired) electrons. The van der Waals surface area contributed by atoms with Gasteiger partial charge in [0.2, 0.25) is 0 Å². The summed E-state index contributed by atoms with van der Waals surface area (Å²) in [6.07, 6.45) is 1.45. The van der Waals surface area contributed by atoms with Crippen molar-refractivity contribution in [2.24, 2.45) is 10.9 Å². The van der Waals surface area contributed by atoms with E-state index in [0.29, 0.717) is 12.3 Å².